The van der Waals surface area contributed by atoms with Gasteiger partial charge in [0.15, 0.2) is 0 Å². The Labute approximate surface area is 127 Å². The quantitative estimate of drug-likeness (QED) is 0.662. The van der Waals surface area contributed by atoms with Gasteiger partial charge >= 0.3 is 0 Å². The van der Waals surface area contributed by atoms with Crippen molar-refractivity contribution in [3.05, 3.63) is 69.3 Å². The van der Waals surface area contributed by atoms with Crippen molar-refractivity contribution >= 4 is 11.3 Å². The first-order chi connectivity index (χ1) is 10.3. The molecule has 104 valence electrons. The molecule has 1 aromatic carbocycles. The van der Waals surface area contributed by atoms with Gasteiger partial charge in [0.1, 0.15) is 0 Å². The summed E-state index contributed by atoms with van der Waals surface area (Å²) in [5.41, 5.74) is 5.58. The Bertz CT molecular complexity index is 874. The number of thiophene rings is 1. The Hall–Kier alpha value is -2.13. The van der Waals surface area contributed by atoms with Crippen LogP contribution in [0.15, 0.2) is 52.6 Å². The lowest BCUT2D eigenvalue weighted by Gasteiger charge is -2.22. The molecule has 21 heavy (non-hydrogen) atoms. The fraction of sp³-hybridized carbons (Fsp3) is 0.167. The Morgan fingerprint density at radius 1 is 1.14 bits per heavy atom. The van der Waals surface area contributed by atoms with Gasteiger partial charge in [0.05, 0.1) is 10.6 Å². The standard InChI is InChI=1S/C18H15NOS/c1-12-11-15(13-5-3-2-4-6-13)18(20)19-9-7-14-8-10-21-17(14)16(12)19/h2-6,8,10-11H,7,9H2,1H3. The Morgan fingerprint density at radius 3 is 2.76 bits per heavy atom. The van der Waals surface area contributed by atoms with E-state index in [-0.39, 0.29) is 5.56 Å². The smallest absolute Gasteiger partial charge is 0.258 e. The van der Waals surface area contributed by atoms with Gasteiger partial charge in [-0.2, -0.15) is 0 Å². The highest BCUT2D eigenvalue weighted by Gasteiger charge is 2.22. The number of aryl methyl sites for hydroxylation is 2. The molecule has 0 aliphatic carbocycles. The molecule has 0 amide bonds. The first kappa shape index (κ1) is 12.6. The van der Waals surface area contributed by atoms with Gasteiger partial charge in [-0.15, -0.1) is 11.3 Å². The predicted octanol–water partition coefficient (Wildman–Crippen LogP) is 4.11. The average molecular weight is 293 g/mol. The summed E-state index contributed by atoms with van der Waals surface area (Å²) in [5.74, 6) is 0. The van der Waals surface area contributed by atoms with Crippen LogP contribution in [0.3, 0.4) is 0 Å². The predicted molar refractivity (Wildman–Crippen MR) is 87.9 cm³/mol. The molecule has 0 spiro atoms. The van der Waals surface area contributed by atoms with Crippen LogP contribution in [0.2, 0.25) is 0 Å². The van der Waals surface area contributed by atoms with Crippen LogP contribution in [-0.2, 0) is 13.0 Å². The van der Waals surface area contributed by atoms with Gasteiger partial charge in [0.25, 0.3) is 5.56 Å². The third-order valence-electron chi connectivity index (χ3n) is 4.13. The Kier molecular flexibility index (Phi) is 2.82. The zero-order valence-electron chi connectivity index (χ0n) is 11.8. The van der Waals surface area contributed by atoms with Crippen molar-refractivity contribution in [2.24, 2.45) is 0 Å². The molecule has 3 aromatic rings. The fourth-order valence-corrected chi connectivity index (χ4v) is 4.19. The van der Waals surface area contributed by atoms with E-state index in [0.717, 1.165) is 29.8 Å². The molecule has 2 aromatic heterocycles. The molecule has 0 radical (unpaired) electrons. The molecule has 3 heterocycles. The fourth-order valence-electron chi connectivity index (χ4n) is 3.12. The van der Waals surface area contributed by atoms with E-state index < -0.39 is 0 Å². The number of fused-ring (bicyclic) bond motifs is 3. The molecular formula is C18H15NOS. The van der Waals surface area contributed by atoms with E-state index in [0.29, 0.717) is 0 Å². The minimum absolute atomic E-state index is 0.126. The number of hydrogen-bond acceptors (Lipinski definition) is 2. The van der Waals surface area contributed by atoms with Crippen LogP contribution in [0, 0.1) is 6.92 Å². The highest BCUT2D eigenvalue weighted by molar-refractivity contribution is 7.13. The SMILES string of the molecule is Cc1cc(-c2ccccc2)c(=O)n2c1-c1sccc1CC2. The zero-order valence-corrected chi connectivity index (χ0v) is 12.6. The van der Waals surface area contributed by atoms with Gasteiger partial charge in [0, 0.05) is 12.1 Å². The molecule has 0 atom stereocenters. The number of aromatic nitrogens is 1. The van der Waals surface area contributed by atoms with Crippen LogP contribution in [0.25, 0.3) is 21.7 Å². The van der Waals surface area contributed by atoms with Gasteiger partial charge < -0.3 is 4.57 Å². The lowest BCUT2D eigenvalue weighted by Crippen LogP contribution is -2.27. The largest absolute Gasteiger partial charge is 0.306 e. The normalized spacial score (nSPS) is 12.8. The van der Waals surface area contributed by atoms with Crippen molar-refractivity contribution in [2.75, 3.05) is 0 Å². The van der Waals surface area contributed by atoms with Crippen molar-refractivity contribution in [3.8, 4) is 21.7 Å². The van der Waals surface area contributed by atoms with Gasteiger partial charge in [-0.25, -0.2) is 0 Å². The monoisotopic (exact) mass is 293 g/mol. The second-order valence-corrected chi connectivity index (χ2v) is 6.35. The van der Waals surface area contributed by atoms with Crippen molar-refractivity contribution in [1.82, 2.24) is 4.57 Å². The maximum atomic E-state index is 12.9. The first-order valence-electron chi connectivity index (χ1n) is 7.12. The van der Waals surface area contributed by atoms with Crippen LogP contribution in [0.5, 0.6) is 0 Å². The summed E-state index contributed by atoms with van der Waals surface area (Å²) >= 11 is 1.73. The van der Waals surface area contributed by atoms with Gasteiger partial charge in [-0.3, -0.25) is 4.79 Å². The van der Waals surface area contributed by atoms with E-state index in [1.54, 1.807) is 11.3 Å². The third-order valence-corrected chi connectivity index (χ3v) is 5.09. The average Bonchev–Trinajstić information content (AvgIpc) is 2.99. The Morgan fingerprint density at radius 2 is 1.95 bits per heavy atom. The van der Waals surface area contributed by atoms with Gasteiger partial charge in [0.2, 0.25) is 0 Å². The van der Waals surface area contributed by atoms with Crippen molar-refractivity contribution in [1.29, 1.82) is 0 Å². The highest BCUT2D eigenvalue weighted by atomic mass is 32.1. The minimum Gasteiger partial charge on any atom is -0.306 e. The second kappa shape index (κ2) is 4.71. The number of rotatable bonds is 1. The third kappa shape index (κ3) is 1.88. The van der Waals surface area contributed by atoms with Crippen LogP contribution in [0.4, 0.5) is 0 Å². The van der Waals surface area contributed by atoms with Gasteiger partial charge in [-0.1, -0.05) is 30.3 Å². The lowest BCUT2D eigenvalue weighted by atomic mass is 9.99. The molecule has 0 fully saturated rings. The van der Waals surface area contributed by atoms with Crippen LogP contribution in [-0.4, -0.2) is 4.57 Å². The summed E-state index contributed by atoms with van der Waals surface area (Å²) in [4.78, 5) is 14.1. The zero-order chi connectivity index (χ0) is 14.4. The first-order valence-corrected chi connectivity index (χ1v) is 8.00. The number of pyridine rings is 1. The van der Waals surface area contributed by atoms with E-state index in [4.69, 9.17) is 0 Å². The van der Waals surface area contributed by atoms with E-state index in [9.17, 15) is 4.79 Å². The second-order valence-electron chi connectivity index (χ2n) is 5.44. The summed E-state index contributed by atoms with van der Waals surface area (Å²) in [6, 6.07) is 14.2. The van der Waals surface area contributed by atoms with E-state index in [1.807, 2.05) is 41.0 Å². The molecule has 0 saturated carbocycles. The van der Waals surface area contributed by atoms with E-state index in [2.05, 4.69) is 18.4 Å². The molecule has 3 heteroatoms. The van der Waals surface area contributed by atoms with Crippen molar-refractivity contribution < 1.29 is 0 Å². The molecular weight excluding hydrogens is 278 g/mol. The molecule has 2 nitrogen and oxygen atoms in total. The lowest BCUT2D eigenvalue weighted by molar-refractivity contribution is 0.661. The summed E-state index contributed by atoms with van der Waals surface area (Å²) in [5, 5.41) is 2.12. The summed E-state index contributed by atoms with van der Waals surface area (Å²) in [6.07, 6.45) is 0.948. The number of benzene rings is 1. The summed E-state index contributed by atoms with van der Waals surface area (Å²) in [6.45, 7) is 2.88. The maximum absolute atomic E-state index is 12.9. The van der Waals surface area contributed by atoms with Crippen LogP contribution < -0.4 is 5.56 Å². The summed E-state index contributed by atoms with van der Waals surface area (Å²) in [7, 11) is 0. The highest BCUT2D eigenvalue weighted by Crippen LogP contribution is 2.36. The number of nitrogens with zero attached hydrogens (tertiary/aromatic N) is 1. The molecule has 0 saturated heterocycles. The Balaban J connectivity index is 2.01. The maximum Gasteiger partial charge on any atom is 0.258 e. The molecule has 1 aliphatic rings. The van der Waals surface area contributed by atoms with E-state index >= 15 is 0 Å². The molecule has 0 N–H and O–H groups in total. The molecule has 4 rings (SSSR count). The minimum atomic E-state index is 0.126. The summed E-state index contributed by atoms with van der Waals surface area (Å²) < 4.78 is 1.95. The van der Waals surface area contributed by atoms with E-state index in [1.165, 1.54) is 16.0 Å². The topological polar surface area (TPSA) is 22.0 Å². The van der Waals surface area contributed by atoms with Crippen LogP contribution >= 0.6 is 11.3 Å². The molecule has 0 bridgehead atoms. The van der Waals surface area contributed by atoms with Gasteiger partial charge in [-0.05, 0) is 47.5 Å². The number of hydrogen-bond donors (Lipinski definition) is 0. The van der Waals surface area contributed by atoms with Crippen LogP contribution in [0.1, 0.15) is 11.1 Å². The molecule has 0 unspecified atom stereocenters. The molecule has 1 aliphatic heterocycles. The van der Waals surface area contributed by atoms with Crippen molar-refractivity contribution in [3.63, 3.8) is 0 Å². The van der Waals surface area contributed by atoms with Crippen molar-refractivity contribution in [2.45, 2.75) is 19.9 Å².